The second-order valence-corrected chi connectivity index (χ2v) is 4.77. The first-order valence-corrected chi connectivity index (χ1v) is 6.70. The molecule has 0 radical (unpaired) electrons. The van der Waals surface area contributed by atoms with Crippen molar-refractivity contribution in [3.05, 3.63) is 48.0 Å². The number of halogens is 1. The van der Waals surface area contributed by atoms with Crippen LogP contribution in [0.1, 0.15) is 19.4 Å². The molecule has 0 bridgehead atoms. The molecule has 5 heteroatoms. The molecule has 0 aliphatic carbocycles. The predicted molar refractivity (Wildman–Crippen MR) is 78.5 cm³/mol. The van der Waals surface area contributed by atoms with Gasteiger partial charge in [-0.1, -0.05) is 12.1 Å². The van der Waals surface area contributed by atoms with E-state index in [1.807, 2.05) is 13.8 Å². The van der Waals surface area contributed by atoms with Gasteiger partial charge in [-0.25, -0.2) is 14.4 Å². The van der Waals surface area contributed by atoms with E-state index in [4.69, 9.17) is 5.73 Å². The Morgan fingerprint density at radius 1 is 1.25 bits per heavy atom. The van der Waals surface area contributed by atoms with E-state index in [0.717, 1.165) is 12.0 Å². The highest BCUT2D eigenvalue weighted by atomic mass is 19.1. The van der Waals surface area contributed by atoms with E-state index < -0.39 is 0 Å². The number of aromatic nitrogens is 2. The Morgan fingerprint density at radius 3 is 2.45 bits per heavy atom. The van der Waals surface area contributed by atoms with Gasteiger partial charge in [0.05, 0.1) is 5.69 Å². The van der Waals surface area contributed by atoms with Crippen LogP contribution in [-0.2, 0) is 6.42 Å². The molecule has 4 nitrogen and oxygen atoms in total. The Labute approximate surface area is 118 Å². The van der Waals surface area contributed by atoms with Crippen LogP contribution in [0, 0.1) is 5.82 Å². The van der Waals surface area contributed by atoms with Gasteiger partial charge in [-0.05, 0) is 38.0 Å². The maximum Gasteiger partial charge on any atom is 0.229 e. The van der Waals surface area contributed by atoms with Crippen molar-refractivity contribution in [1.29, 1.82) is 0 Å². The van der Waals surface area contributed by atoms with Crippen LogP contribution in [0.15, 0.2) is 36.7 Å². The van der Waals surface area contributed by atoms with Gasteiger partial charge in [0.25, 0.3) is 0 Å². The van der Waals surface area contributed by atoms with E-state index in [0.29, 0.717) is 18.2 Å². The van der Waals surface area contributed by atoms with Crippen molar-refractivity contribution in [1.82, 2.24) is 9.97 Å². The molecule has 0 saturated heterocycles. The molecule has 0 saturated carbocycles. The van der Waals surface area contributed by atoms with Gasteiger partial charge in [0.2, 0.25) is 5.95 Å². The smallest absolute Gasteiger partial charge is 0.229 e. The van der Waals surface area contributed by atoms with Crippen LogP contribution >= 0.6 is 0 Å². The van der Waals surface area contributed by atoms with Crippen molar-refractivity contribution in [3.8, 4) is 0 Å². The number of nitrogens with zero attached hydrogens (tertiary/aromatic N) is 3. The van der Waals surface area contributed by atoms with Crippen LogP contribution in [0.5, 0.6) is 0 Å². The summed E-state index contributed by atoms with van der Waals surface area (Å²) in [6.07, 6.45) is 4.22. The first kappa shape index (κ1) is 14.4. The van der Waals surface area contributed by atoms with E-state index in [-0.39, 0.29) is 11.9 Å². The molecule has 1 aromatic heterocycles. The Kier molecular flexibility index (Phi) is 4.63. The van der Waals surface area contributed by atoms with E-state index in [9.17, 15) is 4.39 Å². The lowest BCUT2D eigenvalue weighted by atomic mass is 10.1. The zero-order valence-corrected chi connectivity index (χ0v) is 11.8. The van der Waals surface area contributed by atoms with Gasteiger partial charge in [0.1, 0.15) is 5.82 Å². The highest BCUT2D eigenvalue weighted by Gasteiger charge is 2.13. The standard InChI is InChI=1S/C15H19FN4/c1-3-20(14-7-5-4-6-13(14)16)15-18-9-12(10-19-15)8-11(2)17/h4-7,9-11H,3,8,17H2,1-2H3. The van der Waals surface area contributed by atoms with Gasteiger partial charge in [-0.3, -0.25) is 0 Å². The summed E-state index contributed by atoms with van der Waals surface area (Å²) < 4.78 is 13.8. The van der Waals surface area contributed by atoms with Gasteiger partial charge in [0.15, 0.2) is 0 Å². The van der Waals surface area contributed by atoms with E-state index in [1.165, 1.54) is 6.07 Å². The molecule has 2 aromatic rings. The molecule has 0 fully saturated rings. The molecule has 1 aromatic carbocycles. The normalized spacial score (nSPS) is 12.2. The lowest BCUT2D eigenvalue weighted by molar-refractivity contribution is 0.624. The molecule has 0 amide bonds. The van der Waals surface area contributed by atoms with Crippen LogP contribution in [0.4, 0.5) is 16.0 Å². The second kappa shape index (κ2) is 6.43. The van der Waals surface area contributed by atoms with Crippen molar-refractivity contribution in [2.24, 2.45) is 5.73 Å². The fourth-order valence-electron chi connectivity index (χ4n) is 2.05. The van der Waals surface area contributed by atoms with Gasteiger partial charge in [-0.15, -0.1) is 0 Å². The summed E-state index contributed by atoms with van der Waals surface area (Å²) in [5, 5.41) is 0. The van der Waals surface area contributed by atoms with Crippen LogP contribution < -0.4 is 10.6 Å². The molecular formula is C15H19FN4. The van der Waals surface area contributed by atoms with E-state index in [1.54, 1.807) is 35.5 Å². The largest absolute Gasteiger partial charge is 0.328 e. The average molecular weight is 274 g/mol. The third-order valence-electron chi connectivity index (χ3n) is 2.95. The van der Waals surface area contributed by atoms with Gasteiger partial charge < -0.3 is 10.6 Å². The topological polar surface area (TPSA) is 55.0 Å². The Hall–Kier alpha value is -2.01. The number of anilines is 2. The molecule has 1 unspecified atom stereocenters. The molecule has 2 rings (SSSR count). The average Bonchev–Trinajstić information content (AvgIpc) is 2.43. The third kappa shape index (κ3) is 3.30. The highest BCUT2D eigenvalue weighted by Crippen LogP contribution is 2.24. The Balaban J connectivity index is 2.26. The number of para-hydroxylation sites is 1. The summed E-state index contributed by atoms with van der Waals surface area (Å²) in [6, 6.07) is 6.68. The minimum Gasteiger partial charge on any atom is -0.328 e. The van der Waals surface area contributed by atoms with Crippen LogP contribution in [0.25, 0.3) is 0 Å². The molecule has 0 spiro atoms. The molecular weight excluding hydrogens is 255 g/mol. The van der Waals surface area contributed by atoms with Gasteiger partial charge >= 0.3 is 0 Å². The fraction of sp³-hybridized carbons (Fsp3) is 0.333. The quantitative estimate of drug-likeness (QED) is 0.910. The van der Waals surface area contributed by atoms with Crippen LogP contribution in [-0.4, -0.2) is 22.6 Å². The summed E-state index contributed by atoms with van der Waals surface area (Å²) in [5.74, 6) is 0.212. The third-order valence-corrected chi connectivity index (χ3v) is 2.95. The van der Waals surface area contributed by atoms with Crippen LogP contribution in [0.2, 0.25) is 0 Å². The molecule has 2 N–H and O–H groups in total. The van der Waals surface area contributed by atoms with E-state index in [2.05, 4.69) is 9.97 Å². The molecule has 106 valence electrons. The minimum absolute atomic E-state index is 0.0679. The summed E-state index contributed by atoms with van der Waals surface area (Å²) in [5.41, 5.74) is 7.21. The lowest BCUT2D eigenvalue weighted by Gasteiger charge is -2.21. The molecule has 0 aliphatic rings. The Bertz CT molecular complexity index is 554. The predicted octanol–water partition coefficient (Wildman–Crippen LogP) is 2.66. The summed E-state index contributed by atoms with van der Waals surface area (Å²) >= 11 is 0. The number of rotatable bonds is 5. The molecule has 1 heterocycles. The van der Waals surface area contributed by atoms with Crippen molar-refractivity contribution in [2.75, 3.05) is 11.4 Å². The first-order chi connectivity index (χ1) is 9.61. The van der Waals surface area contributed by atoms with Gasteiger partial charge in [0, 0.05) is 25.0 Å². The Morgan fingerprint density at radius 2 is 1.90 bits per heavy atom. The maximum absolute atomic E-state index is 13.8. The first-order valence-electron chi connectivity index (χ1n) is 6.70. The number of hydrogen-bond donors (Lipinski definition) is 1. The zero-order valence-electron chi connectivity index (χ0n) is 11.8. The molecule has 20 heavy (non-hydrogen) atoms. The maximum atomic E-state index is 13.8. The van der Waals surface area contributed by atoms with E-state index >= 15 is 0 Å². The highest BCUT2D eigenvalue weighted by molar-refractivity contribution is 5.57. The summed E-state index contributed by atoms with van der Waals surface area (Å²) in [6.45, 7) is 4.46. The lowest BCUT2D eigenvalue weighted by Crippen LogP contribution is -2.21. The minimum atomic E-state index is -0.280. The van der Waals surface area contributed by atoms with Gasteiger partial charge in [-0.2, -0.15) is 0 Å². The second-order valence-electron chi connectivity index (χ2n) is 4.77. The molecule has 0 aliphatic heterocycles. The fourth-order valence-corrected chi connectivity index (χ4v) is 2.05. The zero-order chi connectivity index (χ0) is 14.5. The van der Waals surface area contributed by atoms with Crippen LogP contribution in [0.3, 0.4) is 0 Å². The summed E-state index contributed by atoms with van der Waals surface area (Å²) in [7, 11) is 0. The van der Waals surface area contributed by atoms with Crippen molar-refractivity contribution < 1.29 is 4.39 Å². The van der Waals surface area contributed by atoms with Crippen molar-refractivity contribution in [2.45, 2.75) is 26.3 Å². The molecule has 1 atom stereocenters. The number of hydrogen-bond acceptors (Lipinski definition) is 4. The van der Waals surface area contributed by atoms with Crippen molar-refractivity contribution >= 4 is 11.6 Å². The summed E-state index contributed by atoms with van der Waals surface area (Å²) in [4.78, 5) is 10.4. The number of nitrogens with two attached hydrogens (primary N) is 1. The number of benzene rings is 1. The van der Waals surface area contributed by atoms with Crippen molar-refractivity contribution in [3.63, 3.8) is 0 Å². The SMILES string of the molecule is CCN(c1ncc(CC(C)N)cn1)c1ccccc1F. The monoisotopic (exact) mass is 274 g/mol.